The van der Waals surface area contributed by atoms with Crippen LogP contribution in [0.5, 0.6) is 5.75 Å². The molecular weight excluding hydrogens is 387 g/mol. The number of anilines is 2. The number of benzene rings is 1. The summed E-state index contributed by atoms with van der Waals surface area (Å²) in [6.45, 7) is 5.38. The molecule has 0 atom stereocenters. The van der Waals surface area contributed by atoms with Crippen LogP contribution < -0.4 is 11.1 Å². The van der Waals surface area contributed by atoms with E-state index in [4.69, 9.17) is 5.73 Å². The fourth-order valence-electron chi connectivity index (χ4n) is 4.03. The second-order valence-electron chi connectivity index (χ2n) is 7.30. The SMILES string of the molecule is Cc1nc2c3c(c(N)n(-c4c(C)ccc(O)c4C)c3n1)C(=O)Nc1cc(F)ncc1-2. The first-order valence-corrected chi connectivity index (χ1v) is 9.23. The van der Waals surface area contributed by atoms with Gasteiger partial charge in [0.2, 0.25) is 5.95 Å². The summed E-state index contributed by atoms with van der Waals surface area (Å²) in [6, 6.07) is 4.52. The fraction of sp³-hybridized carbons (Fsp3) is 0.143. The zero-order chi connectivity index (χ0) is 21.3. The number of amides is 1. The molecule has 3 aromatic heterocycles. The molecule has 1 aromatic carbocycles. The second kappa shape index (κ2) is 5.99. The van der Waals surface area contributed by atoms with E-state index in [1.807, 2.05) is 6.92 Å². The monoisotopic (exact) mass is 404 g/mol. The Morgan fingerprint density at radius 3 is 2.73 bits per heavy atom. The van der Waals surface area contributed by atoms with E-state index in [0.717, 1.165) is 11.6 Å². The van der Waals surface area contributed by atoms with E-state index in [9.17, 15) is 14.3 Å². The second-order valence-corrected chi connectivity index (χ2v) is 7.30. The quantitative estimate of drug-likeness (QED) is 0.418. The molecule has 0 saturated heterocycles. The summed E-state index contributed by atoms with van der Waals surface area (Å²) in [7, 11) is 0. The molecule has 30 heavy (non-hydrogen) atoms. The summed E-state index contributed by atoms with van der Waals surface area (Å²) in [5.41, 5.74) is 10.4. The number of hydrogen-bond donors (Lipinski definition) is 3. The average Bonchev–Trinajstić information content (AvgIpc) is 2.90. The van der Waals surface area contributed by atoms with E-state index in [0.29, 0.717) is 39.4 Å². The number of nitrogen functional groups attached to an aromatic ring is 1. The number of halogens is 1. The Labute approximate surface area is 170 Å². The van der Waals surface area contributed by atoms with Crippen molar-refractivity contribution in [3.63, 3.8) is 0 Å². The van der Waals surface area contributed by atoms with E-state index in [1.54, 1.807) is 30.5 Å². The van der Waals surface area contributed by atoms with Gasteiger partial charge in [-0.25, -0.2) is 15.0 Å². The minimum atomic E-state index is -0.716. The Kier molecular flexibility index (Phi) is 3.60. The number of fused-ring (bicyclic) bond motifs is 2. The molecule has 1 amide bonds. The Bertz CT molecular complexity index is 1410. The molecule has 4 heterocycles. The summed E-state index contributed by atoms with van der Waals surface area (Å²) in [6.07, 6.45) is 1.33. The van der Waals surface area contributed by atoms with Gasteiger partial charge in [-0.15, -0.1) is 0 Å². The predicted octanol–water partition coefficient (Wildman–Crippen LogP) is 3.40. The summed E-state index contributed by atoms with van der Waals surface area (Å²) in [4.78, 5) is 25.9. The summed E-state index contributed by atoms with van der Waals surface area (Å²) < 4.78 is 15.4. The summed E-state index contributed by atoms with van der Waals surface area (Å²) in [5.74, 6) is -0.507. The third-order valence-corrected chi connectivity index (χ3v) is 5.39. The van der Waals surface area contributed by atoms with Crippen LogP contribution in [-0.2, 0) is 0 Å². The average molecular weight is 404 g/mol. The van der Waals surface area contributed by atoms with E-state index in [-0.39, 0.29) is 22.8 Å². The van der Waals surface area contributed by atoms with E-state index < -0.39 is 11.9 Å². The molecule has 1 aliphatic heterocycles. The molecule has 4 aromatic rings. The molecule has 5 rings (SSSR count). The molecule has 0 fully saturated rings. The predicted molar refractivity (Wildman–Crippen MR) is 110 cm³/mol. The lowest BCUT2D eigenvalue weighted by Crippen LogP contribution is -2.14. The van der Waals surface area contributed by atoms with Gasteiger partial charge in [-0.2, -0.15) is 4.39 Å². The molecule has 8 nitrogen and oxygen atoms in total. The normalized spacial score (nSPS) is 12.6. The van der Waals surface area contributed by atoms with Gasteiger partial charge in [0.15, 0.2) is 5.65 Å². The molecule has 0 bridgehead atoms. The Morgan fingerprint density at radius 1 is 1.20 bits per heavy atom. The molecule has 4 N–H and O–H groups in total. The molecule has 0 saturated carbocycles. The smallest absolute Gasteiger partial charge is 0.260 e. The highest BCUT2D eigenvalue weighted by molar-refractivity contribution is 6.22. The van der Waals surface area contributed by atoms with Crippen LogP contribution in [0.1, 0.15) is 27.3 Å². The van der Waals surface area contributed by atoms with Crippen LogP contribution in [0.3, 0.4) is 0 Å². The third kappa shape index (κ3) is 2.32. The number of hydrogen-bond acceptors (Lipinski definition) is 6. The maximum atomic E-state index is 13.7. The minimum Gasteiger partial charge on any atom is -0.508 e. The maximum absolute atomic E-state index is 13.7. The number of phenolic OH excluding ortho intramolecular Hbond substituents is 1. The zero-order valence-corrected chi connectivity index (χ0v) is 16.4. The lowest BCUT2D eigenvalue weighted by molar-refractivity contribution is 0.102. The van der Waals surface area contributed by atoms with Crippen molar-refractivity contribution in [1.82, 2.24) is 19.5 Å². The van der Waals surface area contributed by atoms with Crippen molar-refractivity contribution in [3.05, 3.63) is 52.9 Å². The van der Waals surface area contributed by atoms with Crippen molar-refractivity contribution in [3.8, 4) is 22.7 Å². The van der Waals surface area contributed by atoms with Gasteiger partial charge < -0.3 is 16.2 Å². The highest BCUT2D eigenvalue weighted by Gasteiger charge is 2.32. The Hall–Kier alpha value is -4.01. The Balaban J connectivity index is 1.99. The van der Waals surface area contributed by atoms with Crippen molar-refractivity contribution >= 4 is 28.4 Å². The number of nitrogens with one attached hydrogen (secondary N) is 1. The van der Waals surface area contributed by atoms with Gasteiger partial charge in [-0.1, -0.05) is 6.07 Å². The third-order valence-electron chi connectivity index (χ3n) is 5.39. The van der Waals surface area contributed by atoms with E-state index in [2.05, 4.69) is 20.3 Å². The number of nitrogens with two attached hydrogens (primary N) is 1. The van der Waals surface area contributed by atoms with E-state index in [1.165, 1.54) is 6.20 Å². The number of aromatic hydroxyl groups is 1. The first-order valence-electron chi connectivity index (χ1n) is 9.23. The highest BCUT2D eigenvalue weighted by Crippen LogP contribution is 2.42. The maximum Gasteiger partial charge on any atom is 0.260 e. The van der Waals surface area contributed by atoms with Crippen LogP contribution in [0.2, 0.25) is 0 Å². The zero-order valence-electron chi connectivity index (χ0n) is 16.4. The van der Waals surface area contributed by atoms with Gasteiger partial charge in [0, 0.05) is 23.4 Å². The molecule has 0 unspecified atom stereocenters. The summed E-state index contributed by atoms with van der Waals surface area (Å²) in [5, 5.41) is 13.4. The number of carbonyl (C=O) groups is 1. The van der Waals surface area contributed by atoms with Gasteiger partial charge >= 0.3 is 0 Å². The van der Waals surface area contributed by atoms with Gasteiger partial charge in [-0.05, 0) is 32.4 Å². The lowest BCUT2D eigenvalue weighted by atomic mass is 10.1. The highest BCUT2D eigenvalue weighted by atomic mass is 19.1. The van der Waals surface area contributed by atoms with Gasteiger partial charge in [0.1, 0.15) is 17.4 Å². The molecule has 150 valence electrons. The van der Waals surface area contributed by atoms with Crippen LogP contribution in [0.15, 0.2) is 24.4 Å². The van der Waals surface area contributed by atoms with Crippen molar-refractivity contribution in [2.75, 3.05) is 11.1 Å². The lowest BCUT2D eigenvalue weighted by Gasteiger charge is -2.16. The number of nitrogens with zero attached hydrogens (tertiary/aromatic N) is 4. The number of pyridine rings is 1. The number of aromatic nitrogens is 4. The summed E-state index contributed by atoms with van der Waals surface area (Å²) >= 11 is 0. The standard InChI is InChI=1S/C21H17FN6O2/c1-8-4-5-13(29)9(2)18(8)28-19(23)16-15-17(25-10(3)26-20(15)28)11-7-24-14(22)6-12(11)27-21(16)30/h4-7,29H,23H2,1-3H3,(H,27,30). The molecule has 9 heteroatoms. The van der Waals surface area contributed by atoms with Crippen molar-refractivity contribution in [1.29, 1.82) is 0 Å². The van der Waals surface area contributed by atoms with Crippen LogP contribution in [-0.4, -0.2) is 30.5 Å². The van der Waals surface area contributed by atoms with Crippen LogP contribution in [0.4, 0.5) is 15.9 Å². The number of aryl methyl sites for hydroxylation is 2. The largest absolute Gasteiger partial charge is 0.508 e. The van der Waals surface area contributed by atoms with Crippen LogP contribution in [0.25, 0.3) is 28.0 Å². The van der Waals surface area contributed by atoms with Gasteiger partial charge in [-0.3, -0.25) is 9.36 Å². The van der Waals surface area contributed by atoms with Gasteiger partial charge in [0.25, 0.3) is 5.91 Å². The topological polar surface area (TPSA) is 119 Å². The number of phenols is 1. The van der Waals surface area contributed by atoms with Crippen molar-refractivity contribution < 1.29 is 14.3 Å². The first kappa shape index (κ1) is 18.0. The van der Waals surface area contributed by atoms with Gasteiger partial charge in [0.05, 0.1) is 28.0 Å². The minimum absolute atomic E-state index is 0.103. The molecule has 0 aliphatic carbocycles. The fourth-order valence-corrected chi connectivity index (χ4v) is 4.03. The van der Waals surface area contributed by atoms with Crippen molar-refractivity contribution in [2.45, 2.75) is 20.8 Å². The molecule has 0 spiro atoms. The molecular formula is C21H17FN6O2. The number of rotatable bonds is 1. The Morgan fingerprint density at radius 2 is 1.97 bits per heavy atom. The van der Waals surface area contributed by atoms with Crippen LogP contribution in [0, 0.1) is 26.7 Å². The molecule has 0 radical (unpaired) electrons. The number of carbonyl (C=O) groups excluding carboxylic acids is 1. The van der Waals surface area contributed by atoms with Crippen molar-refractivity contribution in [2.24, 2.45) is 0 Å². The van der Waals surface area contributed by atoms with E-state index >= 15 is 0 Å². The van der Waals surface area contributed by atoms with Crippen LogP contribution >= 0.6 is 0 Å². The first-order chi connectivity index (χ1) is 14.3. The molecule has 1 aliphatic rings.